The molecule has 1 unspecified atom stereocenters. The van der Waals surface area contributed by atoms with E-state index in [0.717, 1.165) is 75.5 Å². The first-order chi connectivity index (χ1) is 17.3. The van der Waals surface area contributed by atoms with E-state index in [4.69, 9.17) is 9.47 Å². The number of hydrogen-bond donors (Lipinski definition) is 2. The van der Waals surface area contributed by atoms with E-state index in [-0.39, 0.29) is 34.7 Å². The average molecular weight is 514 g/mol. The van der Waals surface area contributed by atoms with Crippen LogP contribution in [0, 0.1) is 22.7 Å². The molecule has 1 aromatic rings. The summed E-state index contributed by atoms with van der Waals surface area (Å²) in [5, 5.41) is 13.6. The quantitative estimate of drug-likeness (QED) is 0.340. The van der Waals surface area contributed by atoms with Gasteiger partial charge in [-0.3, -0.25) is 4.79 Å². The second-order valence-corrected chi connectivity index (χ2v) is 13.9. The fourth-order valence-electron chi connectivity index (χ4n) is 8.00. The van der Waals surface area contributed by atoms with Crippen molar-refractivity contribution < 1.29 is 19.4 Å². The van der Waals surface area contributed by atoms with E-state index in [0.29, 0.717) is 11.7 Å². The molecule has 0 bridgehead atoms. The van der Waals surface area contributed by atoms with Crippen LogP contribution in [0.1, 0.15) is 118 Å². The minimum absolute atomic E-state index is 0.00748. The lowest BCUT2D eigenvalue weighted by Gasteiger charge is -2.49. The molecule has 0 spiro atoms. The molecule has 2 saturated carbocycles. The van der Waals surface area contributed by atoms with Gasteiger partial charge >= 0.3 is 0 Å². The van der Waals surface area contributed by atoms with Crippen molar-refractivity contribution in [1.82, 2.24) is 0 Å². The van der Waals surface area contributed by atoms with Crippen LogP contribution in [0.2, 0.25) is 0 Å². The molecule has 2 N–H and O–H groups in total. The largest absolute Gasteiger partial charge is 0.390 e. The Balaban J connectivity index is 1.50. The molecule has 0 radical (unpaired) electrons. The molecule has 0 amide bonds. The number of rotatable bonds is 10. The van der Waals surface area contributed by atoms with Gasteiger partial charge in [-0.2, -0.15) is 0 Å². The van der Waals surface area contributed by atoms with Gasteiger partial charge in [0.05, 0.1) is 17.3 Å². The molecule has 1 aliphatic heterocycles. The molecule has 208 valence electrons. The van der Waals surface area contributed by atoms with Crippen LogP contribution in [0.4, 0.5) is 5.69 Å². The minimum Gasteiger partial charge on any atom is -0.390 e. The van der Waals surface area contributed by atoms with Crippen LogP contribution in [-0.4, -0.2) is 35.2 Å². The highest BCUT2D eigenvalue weighted by atomic mass is 16.7. The predicted molar refractivity (Wildman–Crippen MR) is 149 cm³/mol. The number of ether oxygens (including phenoxy) is 2. The number of benzene rings is 1. The summed E-state index contributed by atoms with van der Waals surface area (Å²) in [6.45, 7) is 13.0. The van der Waals surface area contributed by atoms with E-state index in [2.05, 4.69) is 57.3 Å². The number of ketones is 1. The Kier molecular flexibility index (Phi) is 8.20. The van der Waals surface area contributed by atoms with Gasteiger partial charge in [0.15, 0.2) is 6.29 Å². The number of carbonyl (C=O) groups is 1. The third-order valence-electron chi connectivity index (χ3n) is 10.2. The molecule has 0 aromatic heterocycles. The number of carbonyl (C=O) groups excluding carboxylic acids is 1. The minimum atomic E-state index is -0.649. The predicted octanol–water partition coefficient (Wildman–Crippen LogP) is 7.43. The topological polar surface area (TPSA) is 67.8 Å². The van der Waals surface area contributed by atoms with Crippen LogP contribution in [-0.2, 0) is 14.3 Å². The van der Waals surface area contributed by atoms with Crippen LogP contribution in [0.15, 0.2) is 24.3 Å². The monoisotopic (exact) mass is 513 g/mol. The van der Waals surface area contributed by atoms with E-state index < -0.39 is 5.60 Å². The van der Waals surface area contributed by atoms with Crippen molar-refractivity contribution in [2.75, 3.05) is 12.4 Å². The Bertz CT molecular complexity index is 935. The molecule has 1 saturated heterocycles. The van der Waals surface area contributed by atoms with Crippen LogP contribution in [0.25, 0.3) is 0 Å². The van der Waals surface area contributed by atoms with Gasteiger partial charge < -0.3 is 19.9 Å². The molecule has 4 rings (SSSR count). The zero-order chi connectivity index (χ0) is 27.1. The fourth-order valence-corrected chi connectivity index (χ4v) is 8.00. The summed E-state index contributed by atoms with van der Waals surface area (Å²) in [5.41, 5.74) is 1.29. The Morgan fingerprint density at radius 3 is 2.41 bits per heavy atom. The lowest BCUT2D eigenvalue weighted by Crippen LogP contribution is -2.44. The Hall–Kier alpha value is -1.43. The Labute approximate surface area is 225 Å². The first-order valence-corrected chi connectivity index (χ1v) is 14.6. The summed E-state index contributed by atoms with van der Waals surface area (Å²) in [6, 6.07) is 8.28. The van der Waals surface area contributed by atoms with Crippen molar-refractivity contribution in [3.05, 3.63) is 29.8 Å². The smallest absolute Gasteiger partial charge is 0.185 e. The molecule has 1 heterocycles. The van der Waals surface area contributed by atoms with Gasteiger partial charge in [0.2, 0.25) is 0 Å². The summed E-state index contributed by atoms with van der Waals surface area (Å²) < 4.78 is 13.0. The summed E-state index contributed by atoms with van der Waals surface area (Å²) in [4.78, 5) is 12.9. The van der Waals surface area contributed by atoms with E-state index >= 15 is 0 Å². The summed E-state index contributed by atoms with van der Waals surface area (Å²) >= 11 is 0. The van der Waals surface area contributed by atoms with Gasteiger partial charge in [-0.15, -0.1) is 0 Å². The number of nitrogens with one attached hydrogen (secondary N) is 1. The molecule has 3 fully saturated rings. The number of aliphatic hydroxyl groups is 1. The van der Waals surface area contributed by atoms with E-state index in [9.17, 15) is 9.90 Å². The fraction of sp³-hybridized carbons (Fsp3) is 0.781. The molecular weight excluding hydrogens is 462 g/mol. The maximum atomic E-state index is 12.9. The van der Waals surface area contributed by atoms with Gasteiger partial charge in [-0.05, 0) is 108 Å². The summed E-state index contributed by atoms with van der Waals surface area (Å²) in [6.07, 6.45) is 9.64. The van der Waals surface area contributed by atoms with Gasteiger partial charge in [0.1, 0.15) is 5.78 Å². The summed E-state index contributed by atoms with van der Waals surface area (Å²) in [5.74, 6) is 1.24. The molecule has 2 aliphatic carbocycles. The van der Waals surface area contributed by atoms with Gasteiger partial charge in [-0.25, -0.2) is 0 Å². The molecular formula is C32H51NO4. The van der Waals surface area contributed by atoms with Crippen LogP contribution >= 0.6 is 0 Å². The maximum absolute atomic E-state index is 12.9. The van der Waals surface area contributed by atoms with Gasteiger partial charge in [-0.1, -0.05) is 32.4 Å². The average Bonchev–Trinajstić information content (AvgIpc) is 3.34. The molecule has 1 aromatic carbocycles. The van der Waals surface area contributed by atoms with E-state index in [1.807, 2.05) is 20.9 Å². The van der Waals surface area contributed by atoms with Crippen molar-refractivity contribution in [1.29, 1.82) is 0 Å². The standard InChI is InChI=1S/C32H51NO4/c1-29(2,35)18-9-19-31(5,26-16-15-24-25(34)10-8-20-32(24,26)6)21-17-27-30(3,4)37-28(36-27)22-11-13-23(33-7)14-12-22/h11-14,24,26-28,33,35H,8-10,15-21H2,1-7H3/t24-,26+,27+,28?,31-,32-/m0/s1. The number of anilines is 1. The zero-order valence-corrected chi connectivity index (χ0v) is 24.4. The molecule has 5 heteroatoms. The second kappa shape index (κ2) is 10.6. The third kappa shape index (κ3) is 6.09. The van der Waals surface area contributed by atoms with Gasteiger partial charge in [0, 0.05) is 30.6 Å². The first kappa shape index (κ1) is 28.6. The number of hydrogen-bond acceptors (Lipinski definition) is 5. The van der Waals surface area contributed by atoms with Crippen molar-refractivity contribution in [3.8, 4) is 0 Å². The number of Topliss-reactive ketones (excluding diaryl/α,β-unsaturated/α-hetero) is 1. The van der Waals surface area contributed by atoms with Crippen molar-refractivity contribution in [3.63, 3.8) is 0 Å². The highest BCUT2D eigenvalue weighted by Crippen LogP contribution is 2.62. The molecule has 3 aliphatic rings. The number of fused-ring (bicyclic) bond motifs is 1. The Morgan fingerprint density at radius 2 is 1.76 bits per heavy atom. The first-order valence-electron chi connectivity index (χ1n) is 14.6. The normalized spacial score (nSPS) is 33.2. The highest BCUT2D eigenvalue weighted by Gasteiger charge is 2.56. The van der Waals surface area contributed by atoms with Crippen molar-refractivity contribution in [2.24, 2.45) is 22.7 Å². The third-order valence-corrected chi connectivity index (χ3v) is 10.2. The lowest BCUT2D eigenvalue weighted by atomic mass is 9.55. The van der Waals surface area contributed by atoms with E-state index in [1.54, 1.807) is 0 Å². The van der Waals surface area contributed by atoms with Gasteiger partial charge in [0.25, 0.3) is 0 Å². The maximum Gasteiger partial charge on any atom is 0.185 e. The zero-order valence-electron chi connectivity index (χ0n) is 24.4. The summed E-state index contributed by atoms with van der Waals surface area (Å²) in [7, 11) is 1.92. The van der Waals surface area contributed by atoms with Crippen LogP contribution in [0.5, 0.6) is 0 Å². The lowest BCUT2D eigenvalue weighted by molar-refractivity contribution is -0.131. The molecule has 37 heavy (non-hydrogen) atoms. The van der Waals surface area contributed by atoms with Crippen molar-refractivity contribution in [2.45, 2.75) is 129 Å². The second-order valence-electron chi connectivity index (χ2n) is 13.9. The highest BCUT2D eigenvalue weighted by molar-refractivity contribution is 5.83. The van der Waals surface area contributed by atoms with Crippen LogP contribution < -0.4 is 5.32 Å². The Morgan fingerprint density at radius 1 is 1.05 bits per heavy atom. The molecule has 6 atom stereocenters. The van der Waals surface area contributed by atoms with Crippen LogP contribution in [0.3, 0.4) is 0 Å². The molecule has 5 nitrogen and oxygen atoms in total. The van der Waals surface area contributed by atoms with Crippen molar-refractivity contribution >= 4 is 11.5 Å². The van der Waals surface area contributed by atoms with E-state index in [1.165, 1.54) is 0 Å². The SMILES string of the molecule is CNc1ccc(C2O[C@H](CC[C@](C)(CCCC(C)(C)O)[C@H]3CC[C@H]4C(=O)CCC[C@]34C)C(C)(C)O2)cc1.